The first-order chi connectivity index (χ1) is 10.6. The summed E-state index contributed by atoms with van der Waals surface area (Å²) in [6, 6.07) is -2.18. The van der Waals surface area contributed by atoms with Crippen LogP contribution in [-0.4, -0.2) is 54.6 Å². The number of methoxy groups -OCH3 is 1. The predicted octanol–water partition coefficient (Wildman–Crippen LogP) is 1.24. The Morgan fingerprint density at radius 3 is 2.43 bits per heavy atom. The number of rotatable bonds is 5. The molecular weight excluding hydrogens is 317 g/mol. The highest BCUT2D eigenvalue weighted by Crippen LogP contribution is 2.26. The van der Waals surface area contributed by atoms with Gasteiger partial charge in [-0.05, 0) is 18.8 Å². The Hall–Kier alpha value is -1.80. The smallest absolute Gasteiger partial charge is 0.467 e. The second-order valence-corrected chi connectivity index (χ2v) is 5.55. The Morgan fingerprint density at radius 2 is 1.96 bits per heavy atom. The summed E-state index contributed by atoms with van der Waals surface area (Å²) in [7, 11) is 1.17. The molecule has 1 heterocycles. The number of hydrogen-bond donors (Lipinski definition) is 1. The molecule has 0 saturated carbocycles. The summed E-state index contributed by atoms with van der Waals surface area (Å²) in [4.78, 5) is 35.9. The van der Waals surface area contributed by atoms with E-state index < -0.39 is 36.0 Å². The molecule has 1 rings (SSSR count). The van der Waals surface area contributed by atoms with Gasteiger partial charge in [0.05, 0.1) is 7.11 Å². The fraction of sp³-hybridized carbons (Fsp3) is 0.786. The van der Waals surface area contributed by atoms with Gasteiger partial charge in [-0.3, -0.25) is 9.59 Å². The van der Waals surface area contributed by atoms with Crippen molar-refractivity contribution in [3.63, 3.8) is 0 Å². The fourth-order valence-corrected chi connectivity index (χ4v) is 2.49. The van der Waals surface area contributed by atoms with Crippen molar-refractivity contribution < 1.29 is 32.3 Å². The second-order valence-electron chi connectivity index (χ2n) is 5.55. The van der Waals surface area contributed by atoms with Crippen molar-refractivity contribution in [1.82, 2.24) is 10.2 Å². The molecule has 3 atom stereocenters. The molecule has 0 aliphatic carbocycles. The van der Waals surface area contributed by atoms with E-state index in [-0.39, 0.29) is 18.9 Å². The third kappa shape index (κ3) is 4.59. The molecule has 3 unspecified atom stereocenters. The van der Waals surface area contributed by atoms with Crippen LogP contribution < -0.4 is 5.32 Å². The number of esters is 1. The maximum absolute atomic E-state index is 12.6. The monoisotopic (exact) mass is 338 g/mol. The van der Waals surface area contributed by atoms with Gasteiger partial charge in [0.2, 0.25) is 5.91 Å². The zero-order chi connectivity index (χ0) is 17.8. The molecule has 2 amide bonds. The van der Waals surface area contributed by atoms with Gasteiger partial charge in [-0.25, -0.2) is 4.79 Å². The van der Waals surface area contributed by atoms with Crippen LogP contribution in [0.4, 0.5) is 13.2 Å². The van der Waals surface area contributed by atoms with Crippen LogP contribution in [0.2, 0.25) is 0 Å². The molecule has 1 N–H and O–H groups in total. The summed E-state index contributed by atoms with van der Waals surface area (Å²) in [5.41, 5.74) is 0. The Kier molecular flexibility index (Phi) is 6.40. The van der Waals surface area contributed by atoms with E-state index in [2.05, 4.69) is 10.1 Å². The van der Waals surface area contributed by atoms with Crippen molar-refractivity contribution in [1.29, 1.82) is 0 Å². The van der Waals surface area contributed by atoms with Crippen LogP contribution in [0.3, 0.4) is 0 Å². The average Bonchev–Trinajstić information content (AvgIpc) is 2.98. The van der Waals surface area contributed by atoms with E-state index in [1.807, 2.05) is 6.92 Å². The molecule has 23 heavy (non-hydrogen) atoms. The van der Waals surface area contributed by atoms with E-state index in [1.165, 1.54) is 7.11 Å². The highest BCUT2D eigenvalue weighted by Gasteiger charge is 2.48. The number of nitrogens with one attached hydrogen (secondary N) is 1. The molecular formula is C14H21F3N2O4. The van der Waals surface area contributed by atoms with Crippen LogP contribution in [0.25, 0.3) is 0 Å². The molecule has 0 aromatic heterocycles. The first-order valence-electron chi connectivity index (χ1n) is 7.39. The SMILES string of the molecule is CCC(C)C(NC(=O)C1CCCN1C(=O)C(F)(F)F)C(=O)OC. The van der Waals surface area contributed by atoms with E-state index in [0.717, 1.165) is 0 Å². The summed E-state index contributed by atoms with van der Waals surface area (Å²) < 4.78 is 42.3. The number of alkyl halides is 3. The molecule has 0 aromatic carbocycles. The predicted molar refractivity (Wildman–Crippen MR) is 74.2 cm³/mol. The van der Waals surface area contributed by atoms with Gasteiger partial charge in [-0.1, -0.05) is 20.3 Å². The molecule has 1 aliphatic heterocycles. The molecule has 0 bridgehead atoms. The number of nitrogens with zero attached hydrogens (tertiary/aromatic N) is 1. The molecule has 1 saturated heterocycles. The van der Waals surface area contributed by atoms with E-state index in [9.17, 15) is 27.6 Å². The Bertz CT molecular complexity index is 467. The minimum atomic E-state index is -5.03. The minimum Gasteiger partial charge on any atom is -0.467 e. The number of amides is 2. The molecule has 1 fully saturated rings. The zero-order valence-electron chi connectivity index (χ0n) is 13.3. The summed E-state index contributed by atoms with van der Waals surface area (Å²) >= 11 is 0. The van der Waals surface area contributed by atoms with Crippen molar-refractivity contribution in [3.05, 3.63) is 0 Å². The molecule has 1 aliphatic rings. The Morgan fingerprint density at radius 1 is 1.35 bits per heavy atom. The number of hydrogen-bond acceptors (Lipinski definition) is 4. The van der Waals surface area contributed by atoms with Crippen molar-refractivity contribution in [3.8, 4) is 0 Å². The maximum Gasteiger partial charge on any atom is 0.471 e. The topological polar surface area (TPSA) is 75.7 Å². The van der Waals surface area contributed by atoms with Gasteiger partial charge >= 0.3 is 18.1 Å². The first-order valence-corrected chi connectivity index (χ1v) is 7.39. The number of carbonyl (C=O) groups excluding carboxylic acids is 3. The number of carbonyl (C=O) groups is 3. The van der Waals surface area contributed by atoms with Crippen molar-refractivity contribution in [2.24, 2.45) is 5.92 Å². The van der Waals surface area contributed by atoms with Crippen molar-refractivity contribution in [2.75, 3.05) is 13.7 Å². The van der Waals surface area contributed by atoms with Crippen LogP contribution in [0, 0.1) is 5.92 Å². The lowest BCUT2D eigenvalue weighted by atomic mass is 9.98. The van der Waals surface area contributed by atoms with Gasteiger partial charge in [0.25, 0.3) is 0 Å². The van der Waals surface area contributed by atoms with Crippen LogP contribution in [0.1, 0.15) is 33.1 Å². The van der Waals surface area contributed by atoms with Crippen molar-refractivity contribution >= 4 is 17.8 Å². The second kappa shape index (κ2) is 7.65. The minimum absolute atomic E-state index is 0.127. The highest BCUT2D eigenvalue weighted by molar-refractivity contribution is 5.92. The lowest BCUT2D eigenvalue weighted by molar-refractivity contribution is -0.186. The van der Waals surface area contributed by atoms with Gasteiger partial charge in [0, 0.05) is 6.54 Å². The Balaban J connectivity index is 2.86. The first kappa shape index (κ1) is 19.2. The van der Waals surface area contributed by atoms with Crippen LogP contribution in [0.5, 0.6) is 0 Å². The van der Waals surface area contributed by atoms with Gasteiger partial charge < -0.3 is 15.0 Å². The van der Waals surface area contributed by atoms with Crippen LogP contribution in [0.15, 0.2) is 0 Å². The lowest BCUT2D eigenvalue weighted by Gasteiger charge is -2.28. The number of ether oxygens (including phenoxy) is 1. The summed E-state index contributed by atoms with van der Waals surface area (Å²) in [5, 5.41) is 2.42. The van der Waals surface area contributed by atoms with Gasteiger partial charge in [0.1, 0.15) is 12.1 Å². The van der Waals surface area contributed by atoms with Gasteiger partial charge in [-0.15, -0.1) is 0 Å². The number of halogens is 3. The lowest BCUT2D eigenvalue weighted by Crippen LogP contribution is -2.54. The van der Waals surface area contributed by atoms with E-state index in [4.69, 9.17) is 0 Å². The standard InChI is InChI=1S/C14H21F3N2O4/c1-4-8(2)10(12(21)23-3)18-11(20)9-6-5-7-19(9)13(22)14(15,16)17/h8-10H,4-7H2,1-3H3,(H,18,20). The molecule has 0 radical (unpaired) electrons. The van der Waals surface area contributed by atoms with Crippen molar-refractivity contribution in [2.45, 2.75) is 51.4 Å². The highest BCUT2D eigenvalue weighted by atomic mass is 19.4. The molecule has 0 spiro atoms. The zero-order valence-corrected chi connectivity index (χ0v) is 13.3. The van der Waals surface area contributed by atoms with Gasteiger partial charge in [0.15, 0.2) is 0 Å². The maximum atomic E-state index is 12.6. The van der Waals surface area contributed by atoms with E-state index in [1.54, 1.807) is 6.92 Å². The normalized spacial score (nSPS) is 20.8. The molecule has 0 aromatic rings. The van der Waals surface area contributed by atoms with Crippen LogP contribution >= 0.6 is 0 Å². The van der Waals surface area contributed by atoms with Crippen LogP contribution in [-0.2, 0) is 19.1 Å². The molecule has 132 valence electrons. The Labute approximate surface area is 132 Å². The summed E-state index contributed by atoms with van der Waals surface area (Å²) in [5.74, 6) is -3.72. The third-order valence-corrected chi connectivity index (χ3v) is 4.02. The molecule has 6 nitrogen and oxygen atoms in total. The van der Waals surface area contributed by atoms with Gasteiger partial charge in [-0.2, -0.15) is 13.2 Å². The summed E-state index contributed by atoms with van der Waals surface area (Å²) in [6.45, 7) is 3.39. The van der Waals surface area contributed by atoms with E-state index >= 15 is 0 Å². The number of likely N-dealkylation sites (tertiary alicyclic amines) is 1. The average molecular weight is 338 g/mol. The fourth-order valence-electron chi connectivity index (χ4n) is 2.49. The molecule has 9 heteroatoms. The largest absolute Gasteiger partial charge is 0.471 e. The quantitative estimate of drug-likeness (QED) is 0.766. The third-order valence-electron chi connectivity index (χ3n) is 4.02. The van der Waals surface area contributed by atoms with E-state index in [0.29, 0.717) is 17.7 Å². The summed E-state index contributed by atoms with van der Waals surface area (Å²) in [6.07, 6.45) is -4.04.